The van der Waals surface area contributed by atoms with E-state index in [9.17, 15) is 29.1 Å². The van der Waals surface area contributed by atoms with Gasteiger partial charge < -0.3 is 34.1 Å². The third kappa shape index (κ3) is 7.17. The van der Waals surface area contributed by atoms with Crippen molar-refractivity contribution in [1.29, 1.82) is 0 Å². The number of phenolic OH excluding ortho intramolecular Hbond substituents is 1. The van der Waals surface area contributed by atoms with Gasteiger partial charge in [0.05, 0.1) is 0 Å². The standard InChI is InChI=1S/C21H25NO11/c1-10(23)22-17-19(31-13(4)26)18(30-12(3)25)16(9-29-11(2)24)32-21(17)33-20(28)14-7-5-6-8-15(14)27/h5-8,16-19,21,27H,9H2,1-4H3,(H,22,23)/t16-,17+,18+,19-,21+/m0/s1. The zero-order chi connectivity index (χ0) is 24.7. The maximum absolute atomic E-state index is 12.7. The van der Waals surface area contributed by atoms with Gasteiger partial charge in [0.2, 0.25) is 12.2 Å². The average molecular weight is 467 g/mol. The van der Waals surface area contributed by atoms with Crippen LogP contribution in [0.25, 0.3) is 0 Å². The van der Waals surface area contributed by atoms with Gasteiger partial charge in [0.15, 0.2) is 12.2 Å². The minimum Gasteiger partial charge on any atom is -0.507 e. The molecule has 1 saturated heterocycles. The van der Waals surface area contributed by atoms with E-state index in [1.165, 1.54) is 31.2 Å². The van der Waals surface area contributed by atoms with Crippen LogP contribution in [0.2, 0.25) is 0 Å². The van der Waals surface area contributed by atoms with Crippen LogP contribution in [-0.2, 0) is 42.9 Å². The average Bonchev–Trinajstić information content (AvgIpc) is 2.70. The Morgan fingerprint density at radius 3 is 2.06 bits per heavy atom. The van der Waals surface area contributed by atoms with Gasteiger partial charge in [-0.15, -0.1) is 0 Å². The molecule has 12 nitrogen and oxygen atoms in total. The molecule has 180 valence electrons. The van der Waals surface area contributed by atoms with Crippen LogP contribution in [0.3, 0.4) is 0 Å². The number of hydrogen-bond donors (Lipinski definition) is 2. The molecule has 1 heterocycles. The zero-order valence-electron chi connectivity index (χ0n) is 18.4. The highest BCUT2D eigenvalue weighted by atomic mass is 16.7. The van der Waals surface area contributed by atoms with Crippen molar-refractivity contribution in [2.24, 2.45) is 0 Å². The number of carbonyl (C=O) groups excluding carboxylic acids is 5. The summed E-state index contributed by atoms with van der Waals surface area (Å²) >= 11 is 0. The number of ether oxygens (including phenoxy) is 5. The van der Waals surface area contributed by atoms with Crippen molar-refractivity contribution in [2.45, 2.75) is 58.3 Å². The van der Waals surface area contributed by atoms with E-state index in [4.69, 9.17) is 23.7 Å². The molecule has 0 aromatic heterocycles. The number of rotatable bonds is 7. The second kappa shape index (κ2) is 11.3. The number of carbonyl (C=O) groups is 5. The van der Waals surface area contributed by atoms with Gasteiger partial charge in [0, 0.05) is 27.7 Å². The van der Waals surface area contributed by atoms with Crippen molar-refractivity contribution in [3.63, 3.8) is 0 Å². The van der Waals surface area contributed by atoms with Crippen LogP contribution >= 0.6 is 0 Å². The Kier molecular flexibility index (Phi) is 8.74. The van der Waals surface area contributed by atoms with Crippen molar-refractivity contribution in [3.05, 3.63) is 29.8 Å². The molecule has 1 aromatic carbocycles. The van der Waals surface area contributed by atoms with E-state index in [0.717, 1.165) is 20.8 Å². The molecule has 2 rings (SSSR count). The summed E-state index contributed by atoms with van der Waals surface area (Å²) in [6, 6.07) is 4.25. The number of esters is 4. The van der Waals surface area contributed by atoms with Crippen LogP contribution in [0.1, 0.15) is 38.1 Å². The summed E-state index contributed by atoms with van der Waals surface area (Å²) in [5.41, 5.74) is -0.189. The number of hydrogen-bond acceptors (Lipinski definition) is 11. The van der Waals surface area contributed by atoms with Gasteiger partial charge in [0.1, 0.15) is 30.1 Å². The number of amides is 1. The highest BCUT2D eigenvalue weighted by Gasteiger charge is 2.52. The summed E-state index contributed by atoms with van der Waals surface area (Å²) in [5.74, 6) is -4.18. The van der Waals surface area contributed by atoms with Gasteiger partial charge in [-0.25, -0.2) is 4.79 Å². The van der Waals surface area contributed by atoms with E-state index in [1.807, 2.05) is 0 Å². The first-order valence-electron chi connectivity index (χ1n) is 9.89. The lowest BCUT2D eigenvalue weighted by atomic mass is 9.96. The molecule has 1 fully saturated rings. The van der Waals surface area contributed by atoms with E-state index >= 15 is 0 Å². The minimum atomic E-state index is -1.57. The molecular weight excluding hydrogens is 442 g/mol. The van der Waals surface area contributed by atoms with Crippen molar-refractivity contribution in [2.75, 3.05) is 6.61 Å². The highest BCUT2D eigenvalue weighted by Crippen LogP contribution is 2.29. The summed E-state index contributed by atoms with van der Waals surface area (Å²) in [7, 11) is 0. The molecule has 33 heavy (non-hydrogen) atoms. The van der Waals surface area contributed by atoms with Crippen LogP contribution in [0.5, 0.6) is 5.75 Å². The zero-order valence-corrected chi connectivity index (χ0v) is 18.4. The summed E-state index contributed by atoms with van der Waals surface area (Å²) in [6.45, 7) is 4.06. The number of benzene rings is 1. The topological polar surface area (TPSA) is 164 Å². The van der Waals surface area contributed by atoms with Crippen molar-refractivity contribution in [1.82, 2.24) is 5.32 Å². The minimum absolute atomic E-state index is 0.189. The summed E-state index contributed by atoms with van der Waals surface area (Å²) in [4.78, 5) is 59.4. The molecule has 1 aliphatic rings. The molecule has 1 amide bonds. The molecule has 0 spiro atoms. The van der Waals surface area contributed by atoms with Gasteiger partial charge in [-0.2, -0.15) is 0 Å². The highest BCUT2D eigenvalue weighted by molar-refractivity contribution is 5.92. The van der Waals surface area contributed by atoms with Gasteiger partial charge in [-0.05, 0) is 12.1 Å². The largest absolute Gasteiger partial charge is 0.507 e. The fraction of sp³-hybridized carbons (Fsp3) is 0.476. The van der Waals surface area contributed by atoms with Crippen LogP contribution in [0.4, 0.5) is 0 Å². The summed E-state index contributed by atoms with van der Waals surface area (Å²) in [5, 5.41) is 12.4. The Morgan fingerprint density at radius 1 is 0.909 bits per heavy atom. The fourth-order valence-electron chi connectivity index (χ4n) is 3.21. The Balaban J connectivity index is 2.45. The monoisotopic (exact) mass is 467 g/mol. The second-order valence-corrected chi connectivity index (χ2v) is 7.14. The third-order valence-electron chi connectivity index (χ3n) is 4.42. The molecule has 0 radical (unpaired) electrons. The van der Waals surface area contributed by atoms with Gasteiger partial charge in [-0.3, -0.25) is 19.2 Å². The van der Waals surface area contributed by atoms with Crippen LogP contribution in [0, 0.1) is 0 Å². The van der Waals surface area contributed by atoms with Crippen LogP contribution in [-0.4, -0.2) is 72.1 Å². The van der Waals surface area contributed by atoms with E-state index in [1.54, 1.807) is 0 Å². The molecule has 2 N–H and O–H groups in total. The predicted octanol–water partition coefficient (Wildman–Crippen LogP) is 0.205. The van der Waals surface area contributed by atoms with Gasteiger partial charge >= 0.3 is 23.9 Å². The molecule has 5 atom stereocenters. The van der Waals surface area contributed by atoms with Crippen molar-refractivity contribution >= 4 is 29.8 Å². The Hall–Kier alpha value is -3.67. The van der Waals surface area contributed by atoms with Gasteiger partial charge in [-0.1, -0.05) is 12.1 Å². The van der Waals surface area contributed by atoms with Crippen LogP contribution < -0.4 is 5.32 Å². The lowest BCUT2D eigenvalue weighted by molar-refractivity contribution is -0.263. The first kappa shape index (κ1) is 25.6. The molecule has 0 bridgehead atoms. The molecule has 0 unspecified atom stereocenters. The summed E-state index contributed by atoms with van der Waals surface area (Å²) in [6.07, 6.45) is -5.48. The smallest absolute Gasteiger partial charge is 0.344 e. The quantitative estimate of drug-likeness (QED) is 0.416. The normalized spacial score (nSPS) is 24.2. The SMILES string of the molecule is CC(=O)N[C@H]1[C@@H](OC(=O)c2ccccc2O)O[C@@H](COC(C)=O)[C@@H](OC(C)=O)[C@H]1OC(C)=O. The summed E-state index contributed by atoms with van der Waals surface area (Å²) < 4.78 is 26.6. The molecule has 1 aliphatic heterocycles. The molecule has 12 heteroatoms. The predicted molar refractivity (Wildman–Crippen MR) is 108 cm³/mol. The molecule has 1 aromatic rings. The van der Waals surface area contributed by atoms with Gasteiger partial charge in [0.25, 0.3) is 0 Å². The molecular formula is C21H25NO11. The third-order valence-corrected chi connectivity index (χ3v) is 4.42. The van der Waals surface area contributed by atoms with E-state index < -0.39 is 67.0 Å². The Morgan fingerprint density at radius 2 is 1.52 bits per heavy atom. The van der Waals surface area contributed by atoms with E-state index in [2.05, 4.69) is 5.32 Å². The van der Waals surface area contributed by atoms with Crippen LogP contribution in [0.15, 0.2) is 24.3 Å². The van der Waals surface area contributed by atoms with Crippen molar-refractivity contribution in [3.8, 4) is 5.75 Å². The lowest BCUT2D eigenvalue weighted by Crippen LogP contribution is -2.66. The number of phenols is 1. The maximum atomic E-state index is 12.7. The molecule has 0 saturated carbocycles. The maximum Gasteiger partial charge on any atom is 0.344 e. The lowest BCUT2D eigenvalue weighted by Gasteiger charge is -2.44. The van der Waals surface area contributed by atoms with E-state index in [0.29, 0.717) is 0 Å². The molecule has 0 aliphatic carbocycles. The van der Waals surface area contributed by atoms with Crippen molar-refractivity contribution < 1.29 is 52.8 Å². The number of aromatic hydroxyl groups is 1. The number of para-hydroxylation sites is 1. The fourth-order valence-corrected chi connectivity index (χ4v) is 3.21. The Bertz CT molecular complexity index is 915. The number of nitrogens with one attached hydrogen (secondary N) is 1. The Labute approximate surface area is 189 Å². The first-order valence-corrected chi connectivity index (χ1v) is 9.89. The first-order chi connectivity index (χ1) is 15.5. The second-order valence-electron chi connectivity index (χ2n) is 7.14. The van der Waals surface area contributed by atoms with E-state index in [-0.39, 0.29) is 11.3 Å².